The Morgan fingerprint density at radius 3 is 2.52 bits per heavy atom. The summed E-state index contributed by atoms with van der Waals surface area (Å²) < 4.78 is 0. The van der Waals surface area contributed by atoms with Gasteiger partial charge in [0.1, 0.15) is 0 Å². The van der Waals surface area contributed by atoms with E-state index in [4.69, 9.17) is 0 Å². The van der Waals surface area contributed by atoms with Gasteiger partial charge in [-0.1, -0.05) is 61.9 Å². The molecule has 1 aromatic heterocycles. The number of benzene rings is 1. The summed E-state index contributed by atoms with van der Waals surface area (Å²) in [5.41, 5.74) is 1.40. The summed E-state index contributed by atoms with van der Waals surface area (Å²) in [6.45, 7) is 4.18. The van der Waals surface area contributed by atoms with Gasteiger partial charge in [0, 0.05) is 6.42 Å². The van der Waals surface area contributed by atoms with Crippen LogP contribution in [0.3, 0.4) is 0 Å². The molecule has 2 aliphatic rings. The van der Waals surface area contributed by atoms with Crippen molar-refractivity contribution in [2.45, 2.75) is 51.4 Å². The predicted octanol–water partition coefficient (Wildman–Crippen LogP) is 4.36. The summed E-state index contributed by atoms with van der Waals surface area (Å²) in [4.78, 5) is 30.6. The van der Waals surface area contributed by atoms with Gasteiger partial charge in [-0.05, 0) is 30.2 Å². The molecule has 25 heavy (non-hydrogen) atoms. The van der Waals surface area contributed by atoms with E-state index in [9.17, 15) is 9.59 Å². The molecule has 0 radical (unpaired) electrons. The molecule has 0 unspecified atom stereocenters. The van der Waals surface area contributed by atoms with Crippen LogP contribution >= 0.6 is 11.3 Å². The van der Waals surface area contributed by atoms with Crippen molar-refractivity contribution >= 4 is 28.2 Å². The van der Waals surface area contributed by atoms with Crippen molar-refractivity contribution in [3.8, 4) is 0 Å². The van der Waals surface area contributed by atoms with Crippen LogP contribution in [0.4, 0.5) is 5.13 Å². The highest BCUT2D eigenvalue weighted by molar-refractivity contribution is 7.17. The van der Waals surface area contributed by atoms with Gasteiger partial charge in [-0.3, -0.25) is 9.59 Å². The van der Waals surface area contributed by atoms with E-state index in [1.54, 1.807) is 0 Å². The van der Waals surface area contributed by atoms with Crippen molar-refractivity contribution in [2.75, 3.05) is 5.32 Å². The SMILES string of the molecule is CC1(C)CC(=O)c2sc(NC(=O)C3(c4ccccc4)CCC3)nc2C1. The monoisotopic (exact) mass is 354 g/mol. The zero-order chi connectivity index (χ0) is 17.7. The molecule has 2 aliphatic carbocycles. The van der Waals surface area contributed by atoms with E-state index in [0.717, 1.165) is 41.8 Å². The molecular weight excluding hydrogens is 332 g/mol. The Kier molecular flexibility index (Phi) is 3.80. The Balaban J connectivity index is 1.59. The fraction of sp³-hybridized carbons (Fsp3) is 0.450. The van der Waals surface area contributed by atoms with Crippen molar-refractivity contribution in [1.29, 1.82) is 0 Å². The average molecular weight is 354 g/mol. The average Bonchev–Trinajstić information content (AvgIpc) is 2.88. The quantitative estimate of drug-likeness (QED) is 0.891. The first-order valence-corrected chi connectivity index (χ1v) is 9.61. The molecule has 5 heteroatoms. The van der Waals surface area contributed by atoms with Gasteiger partial charge in [0.05, 0.1) is 16.0 Å². The van der Waals surface area contributed by atoms with E-state index >= 15 is 0 Å². The van der Waals surface area contributed by atoms with Crippen LogP contribution in [0.15, 0.2) is 30.3 Å². The fourth-order valence-electron chi connectivity index (χ4n) is 3.92. The smallest absolute Gasteiger partial charge is 0.236 e. The highest BCUT2D eigenvalue weighted by Gasteiger charge is 2.46. The number of thiazole rings is 1. The van der Waals surface area contributed by atoms with E-state index in [0.29, 0.717) is 11.6 Å². The lowest BCUT2D eigenvalue weighted by molar-refractivity contribution is -0.124. The molecule has 1 fully saturated rings. The molecule has 0 spiro atoms. The van der Waals surface area contributed by atoms with Crippen molar-refractivity contribution in [3.63, 3.8) is 0 Å². The van der Waals surface area contributed by atoms with Crippen LogP contribution < -0.4 is 5.32 Å². The van der Waals surface area contributed by atoms with Crippen molar-refractivity contribution < 1.29 is 9.59 Å². The highest BCUT2D eigenvalue weighted by atomic mass is 32.1. The first-order chi connectivity index (χ1) is 11.9. The summed E-state index contributed by atoms with van der Waals surface area (Å²) in [7, 11) is 0. The number of nitrogens with one attached hydrogen (secondary N) is 1. The first kappa shape index (κ1) is 16.5. The summed E-state index contributed by atoms with van der Waals surface area (Å²) in [6.07, 6.45) is 4.11. The largest absolute Gasteiger partial charge is 0.301 e. The molecule has 4 nitrogen and oxygen atoms in total. The highest BCUT2D eigenvalue weighted by Crippen LogP contribution is 2.45. The Bertz CT molecular complexity index is 835. The number of carbonyl (C=O) groups excluding carboxylic acids is 2. The third-order valence-electron chi connectivity index (χ3n) is 5.42. The lowest BCUT2D eigenvalue weighted by atomic mass is 9.64. The van der Waals surface area contributed by atoms with E-state index < -0.39 is 5.41 Å². The topological polar surface area (TPSA) is 59.1 Å². The van der Waals surface area contributed by atoms with Crippen LogP contribution in [-0.2, 0) is 16.6 Å². The van der Waals surface area contributed by atoms with Gasteiger partial charge >= 0.3 is 0 Å². The number of Topliss-reactive ketones (excluding diaryl/α,β-unsaturated/α-hetero) is 1. The van der Waals surface area contributed by atoms with E-state index in [2.05, 4.69) is 24.1 Å². The van der Waals surface area contributed by atoms with Crippen LogP contribution in [0.1, 0.15) is 60.5 Å². The first-order valence-electron chi connectivity index (χ1n) is 8.80. The number of aromatic nitrogens is 1. The van der Waals surface area contributed by atoms with E-state index in [1.807, 2.05) is 30.3 Å². The molecule has 0 bridgehead atoms. The maximum atomic E-state index is 13.0. The minimum absolute atomic E-state index is 0.00255. The number of anilines is 1. The Hall–Kier alpha value is -2.01. The maximum absolute atomic E-state index is 13.0. The fourth-order valence-corrected chi connectivity index (χ4v) is 4.84. The molecule has 130 valence electrons. The zero-order valence-corrected chi connectivity index (χ0v) is 15.4. The van der Waals surface area contributed by atoms with Gasteiger partial charge < -0.3 is 5.32 Å². The number of amides is 1. The van der Waals surface area contributed by atoms with Crippen LogP contribution in [0, 0.1) is 5.41 Å². The van der Waals surface area contributed by atoms with E-state index in [1.165, 1.54) is 11.3 Å². The van der Waals surface area contributed by atoms with Crippen LogP contribution in [0.5, 0.6) is 0 Å². The van der Waals surface area contributed by atoms with Crippen molar-refractivity contribution in [1.82, 2.24) is 4.98 Å². The van der Waals surface area contributed by atoms with Gasteiger partial charge in [-0.25, -0.2) is 4.98 Å². The molecule has 1 heterocycles. The van der Waals surface area contributed by atoms with Crippen molar-refractivity contribution in [2.24, 2.45) is 5.41 Å². The lowest BCUT2D eigenvalue weighted by Crippen LogP contribution is -2.45. The number of ketones is 1. The molecule has 4 rings (SSSR count). The number of nitrogens with zero attached hydrogens (tertiary/aromatic N) is 1. The third-order valence-corrected chi connectivity index (χ3v) is 6.48. The second-order valence-electron chi connectivity index (χ2n) is 7.99. The molecule has 0 aliphatic heterocycles. The minimum Gasteiger partial charge on any atom is -0.301 e. The molecule has 2 aromatic rings. The number of hydrogen-bond acceptors (Lipinski definition) is 4. The summed E-state index contributed by atoms with van der Waals surface area (Å²) >= 11 is 1.33. The molecule has 0 saturated heterocycles. The number of fused-ring (bicyclic) bond motifs is 1. The lowest BCUT2D eigenvalue weighted by Gasteiger charge is -2.40. The predicted molar refractivity (Wildman–Crippen MR) is 99.1 cm³/mol. The second kappa shape index (κ2) is 5.77. The van der Waals surface area contributed by atoms with Gasteiger partial charge in [0.25, 0.3) is 0 Å². The standard InChI is InChI=1S/C20H22N2O2S/c1-19(2)11-14-16(15(23)12-19)25-18(21-14)22-17(24)20(9-6-10-20)13-7-4-3-5-8-13/h3-5,7-8H,6,9-12H2,1-2H3,(H,21,22,24). The summed E-state index contributed by atoms with van der Waals surface area (Å²) in [6, 6.07) is 9.97. The normalized spacial score (nSPS) is 20.5. The number of carbonyl (C=O) groups is 2. The Morgan fingerprint density at radius 2 is 1.88 bits per heavy atom. The number of hydrogen-bond donors (Lipinski definition) is 1. The molecule has 0 atom stereocenters. The second-order valence-corrected chi connectivity index (χ2v) is 8.99. The van der Waals surface area contributed by atoms with Crippen LogP contribution in [0.25, 0.3) is 0 Å². The Morgan fingerprint density at radius 1 is 1.16 bits per heavy atom. The van der Waals surface area contributed by atoms with Gasteiger partial charge in [-0.15, -0.1) is 0 Å². The molecule has 1 aromatic carbocycles. The van der Waals surface area contributed by atoms with Crippen molar-refractivity contribution in [3.05, 3.63) is 46.5 Å². The third kappa shape index (κ3) is 2.80. The van der Waals surface area contributed by atoms with Gasteiger partial charge in [0.2, 0.25) is 5.91 Å². The summed E-state index contributed by atoms with van der Waals surface area (Å²) in [5, 5.41) is 3.56. The van der Waals surface area contributed by atoms with Gasteiger partial charge in [-0.2, -0.15) is 0 Å². The number of rotatable bonds is 3. The van der Waals surface area contributed by atoms with E-state index in [-0.39, 0.29) is 17.1 Å². The molecule has 1 saturated carbocycles. The molecule has 1 N–H and O–H groups in total. The maximum Gasteiger partial charge on any atom is 0.236 e. The molecule has 1 amide bonds. The van der Waals surface area contributed by atoms with Crippen LogP contribution in [-0.4, -0.2) is 16.7 Å². The molecular formula is C20H22N2O2S. The zero-order valence-electron chi connectivity index (χ0n) is 14.6. The minimum atomic E-state index is -0.448. The summed E-state index contributed by atoms with van der Waals surface area (Å²) in [5.74, 6) is 0.147. The Labute approximate surface area is 151 Å². The van der Waals surface area contributed by atoms with Crippen LogP contribution in [0.2, 0.25) is 0 Å². The van der Waals surface area contributed by atoms with Gasteiger partial charge in [0.15, 0.2) is 10.9 Å².